The van der Waals surface area contributed by atoms with Crippen molar-refractivity contribution < 1.29 is 27.5 Å². The van der Waals surface area contributed by atoms with Gasteiger partial charge in [0.15, 0.2) is 11.5 Å². The number of carbonyl (C=O) groups is 2. The van der Waals surface area contributed by atoms with Crippen LogP contribution in [0, 0.1) is 16.7 Å². The van der Waals surface area contributed by atoms with Crippen molar-refractivity contribution in [1.82, 2.24) is 14.7 Å². The monoisotopic (exact) mass is 436 g/mol. The lowest BCUT2D eigenvalue weighted by atomic mass is 9.69. The number of Topliss-reactive ketones (excluding diaryl/α,β-unsaturated/α-hetero) is 1. The second kappa shape index (κ2) is 7.19. The Morgan fingerprint density at radius 3 is 2.77 bits per heavy atom. The minimum atomic E-state index is -4.55. The summed E-state index contributed by atoms with van der Waals surface area (Å²) in [5.41, 5.74) is -2.03. The lowest BCUT2D eigenvalue weighted by Crippen LogP contribution is -2.57. The number of aromatic nitrogens is 2. The second-order valence-corrected chi connectivity index (χ2v) is 9.07. The molecule has 1 aromatic heterocycles. The average molecular weight is 436 g/mol. The normalized spacial score (nSPS) is 25.4. The van der Waals surface area contributed by atoms with Gasteiger partial charge in [0, 0.05) is 23.2 Å². The predicted molar refractivity (Wildman–Crippen MR) is 102 cm³/mol. The van der Waals surface area contributed by atoms with Crippen LogP contribution in [0.5, 0.6) is 0 Å². The van der Waals surface area contributed by atoms with E-state index in [-0.39, 0.29) is 49.1 Å². The molecule has 1 saturated heterocycles. The van der Waals surface area contributed by atoms with Crippen LogP contribution in [-0.4, -0.2) is 51.7 Å². The number of ketones is 1. The average Bonchev–Trinajstić information content (AvgIpc) is 3.27. The van der Waals surface area contributed by atoms with Gasteiger partial charge >= 0.3 is 6.18 Å². The molecule has 1 spiro atoms. The number of halogens is 3. The molecule has 2 heterocycles. The highest BCUT2D eigenvalue weighted by molar-refractivity contribution is 6.04. The van der Waals surface area contributed by atoms with Crippen LogP contribution in [0.3, 0.4) is 0 Å². The molecule has 0 radical (unpaired) electrons. The number of allylic oxidation sites excluding steroid dienone is 1. The molecule has 0 bridgehead atoms. The van der Waals surface area contributed by atoms with Gasteiger partial charge < -0.3 is 9.64 Å². The molecule has 2 aliphatic carbocycles. The van der Waals surface area contributed by atoms with Crippen molar-refractivity contribution in [3.05, 3.63) is 28.6 Å². The third-order valence-electron chi connectivity index (χ3n) is 6.25. The number of rotatable bonds is 2. The highest BCUT2D eigenvalue weighted by Gasteiger charge is 2.48. The third-order valence-corrected chi connectivity index (χ3v) is 6.25. The minimum absolute atomic E-state index is 0.00487. The molecule has 1 amide bonds. The summed E-state index contributed by atoms with van der Waals surface area (Å²) in [6.07, 6.45) is -1.37. The number of hydrogen-bond acceptors (Lipinski definition) is 5. The van der Waals surface area contributed by atoms with Gasteiger partial charge in [-0.15, -0.1) is 0 Å². The maximum Gasteiger partial charge on any atom is 0.435 e. The number of nitrogens with zero attached hydrogens (tertiary/aromatic N) is 4. The van der Waals surface area contributed by atoms with E-state index in [1.54, 1.807) is 13.8 Å². The van der Waals surface area contributed by atoms with E-state index in [1.807, 2.05) is 6.07 Å². The number of hydrogen-bond donors (Lipinski definition) is 0. The fraction of sp³-hybridized carbons (Fsp3) is 0.619. The smallest absolute Gasteiger partial charge is 0.367 e. The summed E-state index contributed by atoms with van der Waals surface area (Å²) in [6.45, 7) is 3.79. The van der Waals surface area contributed by atoms with E-state index in [0.29, 0.717) is 31.4 Å². The lowest BCUT2D eigenvalue weighted by Gasteiger charge is -2.46. The fourth-order valence-electron chi connectivity index (χ4n) is 4.97. The zero-order valence-corrected chi connectivity index (χ0v) is 17.4. The Balaban J connectivity index is 1.57. The fourth-order valence-corrected chi connectivity index (χ4v) is 4.97. The Morgan fingerprint density at radius 2 is 2.10 bits per heavy atom. The van der Waals surface area contributed by atoms with E-state index in [1.165, 1.54) is 15.7 Å². The number of amides is 1. The molecule has 1 atom stereocenters. The molecule has 166 valence electrons. The zero-order valence-electron chi connectivity index (χ0n) is 17.4. The molecule has 0 N–H and O–H groups in total. The number of carbonyl (C=O) groups excluding carboxylic acids is 2. The lowest BCUT2D eigenvalue weighted by molar-refractivity contribution is -0.152. The van der Waals surface area contributed by atoms with E-state index < -0.39 is 22.9 Å². The molecule has 1 aliphatic heterocycles. The summed E-state index contributed by atoms with van der Waals surface area (Å²) in [5, 5.41) is 13.1. The molecule has 10 heteroatoms. The van der Waals surface area contributed by atoms with Crippen LogP contribution in [0.2, 0.25) is 0 Å². The number of morpholine rings is 1. The third kappa shape index (κ3) is 3.76. The predicted octanol–water partition coefficient (Wildman–Crippen LogP) is 2.44. The van der Waals surface area contributed by atoms with Crippen molar-refractivity contribution in [2.45, 2.75) is 57.9 Å². The molecule has 0 saturated carbocycles. The van der Waals surface area contributed by atoms with Crippen LogP contribution in [0.15, 0.2) is 11.6 Å². The van der Waals surface area contributed by atoms with Gasteiger partial charge in [0.25, 0.3) is 0 Å². The Hall–Kier alpha value is -2.67. The maximum absolute atomic E-state index is 13.3. The highest BCUT2D eigenvalue weighted by Crippen LogP contribution is 2.41. The van der Waals surface area contributed by atoms with Gasteiger partial charge in [-0.05, 0) is 31.8 Å². The first-order valence-electron chi connectivity index (χ1n) is 10.2. The SMILES string of the molecule is CC1(C)CC2(C=C(C#N)C1=O)CN(C(=O)Cn1nc(C(F)(F)F)c3c1CCC3)CCO2. The van der Waals surface area contributed by atoms with Crippen LogP contribution >= 0.6 is 0 Å². The van der Waals surface area contributed by atoms with Gasteiger partial charge in [-0.3, -0.25) is 14.3 Å². The van der Waals surface area contributed by atoms with Gasteiger partial charge in [-0.2, -0.15) is 23.5 Å². The first-order valence-corrected chi connectivity index (χ1v) is 10.2. The van der Waals surface area contributed by atoms with Gasteiger partial charge in [-0.1, -0.05) is 13.8 Å². The Labute approximate surface area is 177 Å². The van der Waals surface area contributed by atoms with Crippen LogP contribution in [0.1, 0.15) is 43.6 Å². The minimum Gasteiger partial charge on any atom is -0.367 e. The quantitative estimate of drug-likeness (QED) is 0.711. The summed E-state index contributed by atoms with van der Waals surface area (Å²) in [5.74, 6) is -0.630. The first-order chi connectivity index (χ1) is 14.5. The van der Waals surface area contributed by atoms with E-state index >= 15 is 0 Å². The topological polar surface area (TPSA) is 88.2 Å². The van der Waals surface area contributed by atoms with Crippen LogP contribution in [0.25, 0.3) is 0 Å². The Bertz CT molecular complexity index is 1020. The zero-order chi connectivity index (χ0) is 22.6. The first kappa shape index (κ1) is 21.6. The summed E-state index contributed by atoms with van der Waals surface area (Å²) < 4.78 is 47.1. The van der Waals surface area contributed by atoms with E-state index in [2.05, 4.69) is 5.10 Å². The highest BCUT2D eigenvalue weighted by atomic mass is 19.4. The largest absolute Gasteiger partial charge is 0.435 e. The molecule has 1 fully saturated rings. The van der Waals surface area contributed by atoms with Crippen molar-refractivity contribution >= 4 is 11.7 Å². The molecule has 3 aliphatic rings. The van der Waals surface area contributed by atoms with E-state index in [9.17, 15) is 28.0 Å². The number of alkyl halides is 3. The van der Waals surface area contributed by atoms with Gasteiger partial charge in [-0.25, -0.2) is 0 Å². The Kier molecular flexibility index (Phi) is 5.00. The van der Waals surface area contributed by atoms with Crippen molar-refractivity contribution in [2.75, 3.05) is 19.7 Å². The van der Waals surface area contributed by atoms with Crippen molar-refractivity contribution in [3.8, 4) is 6.07 Å². The summed E-state index contributed by atoms with van der Waals surface area (Å²) >= 11 is 0. The van der Waals surface area contributed by atoms with Gasteiger partial charge in [0.2, 0.25) is 5.91 Å². The number of ether oxygens (including phenoxy) is 1. The molecule has 1 unspecified atom stereocenters. The molecule has 0 aromatic carbocycles. The standard InChI is InChI=1S/C21H23F3N4O3/c1-19(2)11-20(8-13(9-25)18(19)30)12-27(6-7-31-20)16(29)10-28-15-5-3-4-14(15)17(26-28)21(22,23)24/h8H,3-7,10-12H2,1-2H3. The van der Waals surface area contributed by atoms with Gasteiger partial charge in [0.1, 0.15) is 18.2 Å². The number of nitriles is 1. The van der Waals surface area contributed by atoms with Crippen LogP contribution < -0.4 is 0 Å². The molecule has 1 aromatic rings. The molecule has 4 rings (SSSR count). The van der Waals surface area contributed by atoms with Gasteiger partial charge in [0.05, 0.1) is 18.7 Å². The van der Waals surface area contributed by atoms with Crippen molar-refractivity contribution in [1.29, 1.82) is 5.26 Å². The molecule has 31 heavy (non-hydrogen) atoms. The molecular weight excluding hydrogens is 413 g/mol. The maximum atomic E-state index is 13.3. The number of fused-ring (bicyclic) bond motifs is 1. The van der Waals surface area contributed by atoms with Crippen LogP contribution in [0.4, 0.5) is 13.2 Å². The van der Waals surface area contributed by atoms with E-state index in [4.69, 9.17) is 4.74 Å². The van der Waals surface area contributed by atoms with E-state index in [0.717, 1.165) is 0 Å². The molecular formula is C21H23F3N4O3. The Morgan fingerprint density at radius 1 is 1.35 bits per heavy atom. The molecule has 7 nitrogen and oxygen atoms in total. The second-order valence-electron chi connectivity index (χ2n) is 9.07. The summed E-state index contributed by atoms with van der Waals surface area (Å²) in [4.78, 5) is 27.0. The van der Waals surface area contributed by atoms with Crippen molar-refractivity contribution in [3.63, 3.8) is 0 Å². The summed E-state index contributed by atoms with van der Waals surface area (Å²) in [6, 6.07) is 1.92. The van der Waals surface area contributed by atoms with Crippen LogP contribution in [-0.2, 0) is 39.9 Å². The summed E-state index contributed by atoms with van der Waals surface area (Å²) in [7, 11) is 0. The van der Waals surface area contributed by atoms with Crippen molar-refractivity contribution in [2.24, 2.45) is 5.41 Å².